The fraction of sp³-hybridized carbons (Fsp3) is 0.522. The minimum absolute atomic E-state index is 0.0682. The minimum atomic E-state index is -1.05. The number of ether oxygens (including phenoxy) is 2. The number of amides is 5. The van der Waals surface area contributed by atoms with Crippen LogP contribution < -0.4 is 5.32 Å². The van der Waals surface area contributed by atoms with E-state index >= 15 is 0 Å². The van der Waals surface area contributed by atoms with Gasteiger partial charge in [-0.1, -0.05) is 0 Å². The molecule has 2 aliphatic rings. The van der Waals surface area contributed by atoms with E-state index in [1.54, 1.807) is 59.7 Å². The van der Waals surface area contributed by atoms with Crippen molar-refractivity contribution in [2.75, 3.05) is 5.32 Å². The highest BCUT2D eigenvalue weighted by atomic mass is 16.6. The summed E-state index contributed by atoms with van der Waals surface area (Å²) >= 11 is 0. The average molecular weight is 459 g/mol. The Labute approximate surface area is 192 Å². The van der Waals surface area contributed by atoms with Crippen molar-refractivity contribution < 1.29 is 33.4 Å². The fourth-order valence-corrected chi connectivity index (χ4v) is 3.65. The van der Waals surface area contributed by atoms with E-state index in [2.05, 4.69) is 5.32 Å². The molecule has 1 atom stereocenters. The molecule has 0 aliphatic carbocycles. The molecule has 5 amide bonds. The van der Waals surface area contributed by atoms with Crippen LogP contribution in [0, 0.1) is 0 Å². The molecule has 178 valence electrons. The van der Waals surface area contributed by atoms with Gasteiger partial charge in [-0.2, -0.15) is 4.90 Å². The number of carbonyl (C=O) groups is 5. The lowest BCUT2D eigenvalue weighted by Crippen LogP contribution is -2.57. The number of hydrogen-bond acceptors (Lipinski definition) is 7. The molecule has 2 aliphatic heterocycles. The van der Waals surface area contributed by atoms with E-state index in [0.717, 1.165) is 0 Å². The maximum absolute atomic E-state index is 13.0. The summed E-state index contributed by atoms with van der Waals surface area (Å²) in [4.78, 5) is 64.6. The van der Waals surface area contributed by atoms with Crippen LogP contribution in [0.15, 0.2) is 18.2 Å². The van der Waals surface area contributed by atoms with Gasteiger partial charge in [0.05, 0.1) is 0 Å². The SMILES string of the molecule is CC(C)(C)OC(=O)Nc1ccc2c(c1)CN(C1CCC(=O)N(C(=O)OC(C)(C)C)C1=O)C2=O. The van der Waals surface area contributed by atoms with Gasteiger partial charge in [0.25, 0.3) is 11.8 Å². The molecule has 33 heavy (non-hydrogen) atoms. The summed E-state index contributed by atoms with van der Waals surface area (Å²) in [6.07, 6.45) is -1.63. The normalized spacial score (nSPS) is 18.8. The Bertz CT molecular complexity index is 1020. The van der Waals surface area contributed by atoms with Crippen LogP contribution in [0.5, 0.6) is 0 Å². The van der Waals surface area contributed by atoms with Crippen molar-refractivity contribution in [3.8, 4) is 0 Å². The van der Waals surface area contributed by atoms with Gasteiger partial charge in [0, 0.05) is 24.2 Å². The number of imide groups is 3. The number of nitrogens with zero attached hydrogens (tertiary/aromatic N) is 2. The predicted octanol–water partition coefficient (Wildman–Crippen LogP) is 3.44. The first-order valence-corrected chi connectivity index (χ1v) is 10.7. The highest BCUT2D eigenvalue weighted by molar-refractivity contribution is 6.13. The fourth-order valence-electron chi connectivity index (χ4n) is 3.65. The van der Waals surface area contributed by atoms with Gasteiger partial charge in [-0.05, 0) is 71.7 Å². The standard InChI is InChI=1S/C23H29N3O7/c1-22(2,3)32-20(30)24-14-7-8-15-13(11-14)12-25(18(15)28)16-9-10-17(27)26(19(16)29)21(31)33-23(4,5)6/h7-8,11,16H,9-10,12H2,1-6H3,(H,24,30). The molecule has 1 N–H and O–H groups in total. The number of benzene rings is 1. The van der Waals surface area contributed by atoms with Gasteiger partial charge >= 0.3 is 12.2 Å². The van der Waals surface area contributed by atoms with Gasteiger partial charge in [0.15, 0.2) is 0 Å². The topological polar surface area (TPSA) is 122 Å². The van der Waals surface area contributed by atoms with Gasteiger partial charge in [-0.25, -0.2) is 9.59 Å². The molecule has 10 heteroatoms. The second-order valence-corrected chi connectivity index (χ2v) is 10.0. The van der Waals surface area contributed by atoms with E-state index in [0.29, 0.717) is 21.7 Å². The second-order valence-electron chi connectivity index (χ2n) is 10.0. The van der Waals surface area contributed by atoms with Crippen molar-refractivity contribution in [3.05, 3.63) is 29.3 Å². The third-order valence-corrected chi connectivity index (χ3v) is 4.92. The van der Waals surface area contributed by atoms with Crippen molar-refractivity contribution in [1.29, 1.82) is 0 Å². The maximum Gasteiger partial charge on any atom is 0.424 e. The Morgan fingerprint density at radius 3 is 2.24 bits per heavy atom. The zero-order valence-corrected chi connectivity index (χ0v) is 19.7. The van der Waals surface area contributed by atoms with E-state index in [1.165, 1.54) is 4.90 Å². The first kappa shape index (κ1) is 24.2. The monoisotopic (exact) mass is 459 g/mol. The van der Waals surface area contributed by atoms with Gasteiger partial charge in [0.2, 0.25) is 5.91 Å². The maximum atomic E-state index is 13.0. The molecule has 0 bridgehead atoms. The number of carbonyl (C=O) groups excluding carboxylic acids is 5. The first-order valence-electron chi connectivity index (χ1n) is 10.7. The Hall–Kier alpha value is -3.43. The Morgan fingerprint density at radius 1 is 1.00 bits per heavy atom. The summed E-state index contributed by atoms with van der Waals surface area (Å²) < 4.78 is 10.4. The highest BCUT2D eigenvalue weighted by Gasteiger charge is 2.46. The third kappa shape index (κ3) is 5.50. The number of anilines is 1. The zero-order valence-electron chi connectivity index (χ0n) is 19.7. The van der Waals surface area contributed by atoms with E-state index < -0.39 is 41.2 Å². The van der Waals surface area contributed by atoms with Crippen molar-refractivity contribution in [2.24, 2.45) is 0 Å². The molecule has 0 saturated carbocycles. The summed E-state index contributed by atoms with van der Waals surface area (Å²) in [6.45, 7) is 10.2. The summed E-state index contributed by atoms with van der Waals surface area (Å²) in [5.41, 5.74) is -0.104. The van der Waals surface area contributed by atoms with Crippen LogP contribution >= 0.6 is 0 Å². The molecule has 1 fully saturated rings. The Kier molecular flexibility index (Phi) is 6.23. The molecule has 10 nitrogen and oxygen atoms in total. The Morgan fingerprint density at radius 2 is 1.64 bits per heavy atom. The molecule has 3 rings (SSSR count). The van der Waals surface area contributed by atoms with Crippen molar-refractivity contribution in [3.63, 3.8) is 0 Å². The molecular formula is C23H29N3O7. The van der Waals surface area contributed by atoms with Crippen LogP contribution in [0.2, 0.25) is 0 Å². The van der Waals surface area contributed by atoms with Crippen molar-refractivity contribution in [1.82, 2.24) is 9.80 Å². The van der Waals surface area contributed by atoms with Gasteiger partial charge in [0.1, 0.15) is 17.2 Å². The summed E-state index contributed by atoms with van der Waals surface area (Å²) in [5, 5.41) is 2.62. The molecule has 1 unspecified atom stereocenters. The van der Waals surface area contributed by atoms with E-state index in [1.807, 2.05) is 0 Å². The van der Waals surface area contributed by atoms with Crippen molar-refractivity contribution >= 4 is 35.6 Å². The number of hydrogen-bond donors (Lipinski definition) is 1. The van der Waals surface area contributed by atoms with E-state index in [9.17, 15) is 24.0 Å². The first-order chi connectivity index (χ1) is 15.2. The molecule has 2 heterocycles. The molecule has 0 radical (unpaired) electrons. The third-order valence-electron chi connectivity index (χ3n) is 4.92. The predicted molar refractivity (Wildman–Crippen MR) is 117 cm³/mol. The van der Waals surface area contributed by atoms with Crippen LogP contribution in [-0.4, -0.2) is 57.0 Å². The van der Waals surface area contributed by atoms with Crippen LogP contribution in [-0.2, 0) is 25.6 Å². The number of fused-ring (bicyclic) bond motifs is 1. The lowest BCUT2D eigenvalue weighted by molar-refractivity contribution is -0.150. The lowest BCUT2D eigenvalue weighted by Gasteiger charge is -2.35. The van der Waals surface area contributed by atoms with Crippen molar-refractivity contribution in [2.45, 2.75) is 78.2 Å². The quantitative estimate of drug-likeness (QED) is 0.672. The number of nitrogens with one attached hydrogen (secondary N) is 1. The molecule has 1 aromatic rings. The van der Waals surface area contributed by atoms with Gasteiger partial charge < -0.3 is 14.4 Å². The second kappa shape index (κ2) is 8.49. The van der Waals surface area contributed by atoms with Crippen LogP contribution in [0.25, 0.3) is 0 Å². The summed E-state index contributed by atoms with van der Waals surface area (Å²) in [7, 11) is 0. The van der Waals surface area contributed by atoms with Gasteiger partial charge in [-0.15, -0.1) is 0 Å². The lowest BCUT2D eigenvalue weighted by atomic mass is 10.0. The number of likely N-dealkylation sites (tertiary alicyclic amines) is 1. The van der Waals surface area contributed by atoms with Crippen LogP contribution in [0.3, 0.4) is 0 Å². The highest BCUT2D eigenvalue weighted by Crippen LogP contribution is 2.31. The molecular weight excluding hydrogens is 430 g/mol. The summed E-state index contributed by atoms with van der Waals surface area (Å²) in [5.74, 6) is -1.82. The van der Waals surface area contributed by atoms with Gasteiger partial charge in [-0.3, -0.25) is 19.7 Å². The zero-order chi connectivity index (χ0) is 24.7. The Balaban J connectivity index is 1.76. The smallest absolute Gasteiger partial charge is 0.424 e. The summed E-state index contributed by atoms with van der Waals surface area (Å²) in [6, 6.07) is 3.80. The minimum Gasteiger partial charge on any atom is -0.444 e. The number of rotatable bonds is 2. The van der Waals surface area contributed by atoms with E-state index in [4.69, 9.17) is 9.47 Å². The number of piperidine rings is 1. The van der Waals surface area contributed by atoms with Crippen LogP contribution in [0.1, 0.15) is 70.3 Å². The van der Waals surface area contributed by atoms with E-state index in [-0.39, 0.29) is 25.3 Å². The molecule has 0 aromatic heterocycles. The molecule has 1 aromatic carbocycles. The molecule has 1 saturated heterocycles. The molecule has 0 spiro atoms. The average Bonchev–Trinajstić information content (AvgIpc) is 2.94. The van der Waals surface area contributed by atoms with Crippen LogP contribution in [0.4, 0.5) is 15.3 Å². The largest absolute Gasteiger partial charge is 0.444 e.